The third-order valence-corrected chi connectivity index (χ3v) is 6.03. The van der Waals surface area contributed by atoms with Crippen molar-refractivity contribution in [3.05, 3.63) is 95.7 Å². The van der Waals surface area contributed by atoms with E-state index in [0.717, 1.165) is 27.9 Å². The van der Waals surface area contributed by atoms with E-state index in [0.29, 0.717) is 22.6 Å². The van der Waals surface area contributed by atoms with Gasteiger partial charge in [-0.3, -0.25) is 24.5 Å². The van der Waals surface area contributed by atoms with E-state index in [-0.39, 0.29) is 11.8 Å². The lowest BCUT2D eigenvalue weighted by molar-refractivity contribution is 0.0957. The van der Waals surface area contributed by atoms with Gasteiger partial charge in [0, 0.05) is 42.5 Å². The van der Waals surface area contributed by atoms with Crippen LogP contribution >= 0.6 is 0 Å². The first kappa shape index (κ1) is 25.2. The third kappa shape index (κ3) is 5.52. The first-order valence-corrected chi connectivity index (χ1v) is 11.7. The predicted molar refractivity (Wildman–Crippen MR) is 142 cm³/mol. The average molecular weight is 491 g/mol. The van der Waals surface area contributed by atoms with Gasteiger partial charge in [0.2, 0.25) is 0 Å². The second-order valence-corrected chi connectivity index (χ2v) is 9.09. The Balaban J connectivity index is 1.63. The van der Waals surface area contributed by atoms with Crippen LogP contribution in [0.15, 0.2) is 73.2 Å². The maximum atomic E-state index is 13.0. The van der Waals surface area contributed by atoms with Crippen LogP contribution < -0.4 is 10.6 Å². The molecule has 0 fully saturated rings. The first-order chi connectivity index (χ1) is 17.7. The van der Waals surface area contributed by atoms with Crippen LogP contribution in [-0.2, 0) is 5.41 Å². The summed E-state index contributed by atoms with van der Waals surface area (Å²) >= 11 is 0. The topological polar surface area (TPSA) is 121 Å². The van der Waals surface area contributed by atoms with Crippen LogP contribution in [0.1, 0.15) is 46.0 Å². The number of pyridine rings is 3. The average Bonchev–Trinajstić information content (AvgIpc) is 2.93. The van der Waals surface area contributed by atoms with Crippen molar-refractivity contribution in [1.82, 2.24) is 20.3 Å². The minimum Gasteiger partial charge on any atom is -0.354 e. The van der Waals surface area contributed by atoms with Crippen molar-refractivity contribution in [2.45, 2.75) is 26.2 Å². The number of aromatic nitrogens is 3. The predicted octanol–water partition coefficient (Wildman–Crippen LogP) is 4.93. The van der Waals surface area contributed by atoms with Gasteiger partial charge in [0.05, 0.1) is 22.9 Å². The molecule has 0 bridgehead atoms. The normalized spacial score (nSPS) is 10.9. The Labute approximate surface area is 215 Å². The van der Waals surface area contributed by atoms with E-state index in [4.69, 9.17) is 0 Å². The Kier molecular flexibility index (Phi) is 7.07. The van der Waals surface area contributed by atoms with Crippen molar-refractivity contribution in [2.75, 3.05) is 12.4 Å². The standard InChI is InChI=1S/C29H26N6O2/c1-18-5-6-22(35-27(36)21-9-12-34-26(15-21)29(2,3)17-30)16-23(18)24-13-19(7-10-32-24)20-8-11-33-25(14-20)28(37)31-4/h5-16H,1-4H3,(H,31,37)(H,35,36). The molecular formula is C29H26N6O2. The molecule has 3 heterocycles. The Morgan fingerprint density at radius 1 is 0.865 bits per heavy atom. The highest BCUT2D eigenvalue weighted by atomic mass is 16.2. The number of benzene rings is 1. The van der Waals surface area contributed by atoms with Crippen molar-refractivity contribution in [3.8, 4) is 28.5 Å². The molecule has 4 rings (SSSR count). The molecule has 2 amide bonds. The number of carbonyl (C=O) groups excluding carboxylic acids is 2. The van der Waals surface area contributed by atoms with Crippen LogP contribution in [-0.4, -0.2) is 33.8 Å². The van der Waals surface area contributed by atoms with Gasteiger partial charge in [-0.2, -0.15) is 5.26 Å². The van der Waals surface area contributed by atoms with Crippen molar-refractivity contribution in [2.24, 2.45) is 0 Å². The van der Waals surface area contributed by atoms with E-state index in [9.17, 15) is 14.9 Å². The number of hydrogen-bond donors (Lipinski definition) is 2. The summed E-state index contributed by atoms with van der Waals surface area (Å²) in [6, 6.07) is 18.5. The number of nitriles is 1. The van der Waals surface area contributed by atoms with E-state index in [1.165, 1.54) is 6.20 Å². The van der Waals surface area contributed by atoms with Crippen LogP contribution in [0.4, 0.5) is 5.69 Å². The number of nitrogens with one attached hydrogen (secondary N) is 2. The molecule has 0 aliphatic rings. The van der Waals surface area contributed by atoms with Crippen LogP contribution in [0.3, 0.4) is 0 Å². The molecule has 2 N–H and O–H groups in total. The monoisotopic (exact) mass is 490 g/mol. The zero-order chi connectivity index (χ0) is 26.6. The van der Waals surface area contributed by atoms with Gasteiger partial charge in [-0.05, 0) is 86.0 Å². The lowest BCUT2D eigenvalue weighted by Crippen LogP contribution is -2.19. The van der Waals surface area contributed by atoms with Crippen molar-refractivity contribution in [3.63, 3.8) is 0 Å². The summed E-state index contributed by atoms with van der Waals surface area (Å²) in [5.74, 6) is -0.555. The fraction of sp³-hybridized carbons (Fsp3) is 0.172. The minimum atomic E-state index is -0.806. The van der Waals surface area contributed by atoms with Gasteiger partial charge in [0.1, 0.15) is 5.69 Å². The first-order valence-electron chi connectivity index (χ1n) is 11.7. The Morgan fingerprint density at radius 3 is 2.30 bits per heavy atom. The Morgan fingerprint density at radius 2 is 1.57 bits per heavy atom. The molecule has 0 aliphatic heterocycles. The molecule has 3 aromatic heterocycles. The maximum Gasteiger partial charge on any atom is 0.269 e. The molecule has 8 nitrogen and oxygen atoms in total. The highest BCUT2D eigenvalue weighted by Gasteiger charge is 2.22. The van der Waals surface area contributed by atoms with E-state index < -0.39 is 5.41 Å². The SMILES string of the molecule is CNC(=O)c1cc(-c2ccnc(-c3cc(NC(=O)c4ccnc(C(C)(C)C#N)c4)ccc3C)c2)ccn1. The number of hydrogen-bond acceptors (Lipinski definition) is 6. The fourth-order valence-corrected chi connectivity index (χ4v) is 3.77. The van der Waals surface area contributed by atoms with E-state index in [1.54, 1.807) is 51.5 Å². The highest BCUT2D eigenvalue weighted by molar-refractivity contribution is 6.04. The number of nitrogens with zero attached hydrogens (tertiary/aromatic N) is 4. The summed E-state index contributed by atoms with van der Waals surface area (Å²) in [6.45, 7) is 5.50. The minimum absolute atomic E-state index is 0.257. The van der Waals surface area contributed by atoms with Gasteiger partial charge in [-0.25, -0.2) is 0 Å². The summed E-state index contributed by atoms with van der Waals surface area (Å²) in [7, 11) is 1.57. The summed E-state index contributed by atoms with van der Waals surface area (Å²) < 4.78 is 0. The summed E-state index contributed by atoms with van der Waals surface area (Å²) in [5.41, 5.74) is 5.39. The number of carbonyl (C=O) groups is 2. The molecular weight excluding hydrogens is 464 g/mol. The van der Waals surface area contributed by atoms with E-state index >= 15 is 0 Å². The van der Waals surface area contributed by atoms with Crippen LogP contribution in [0.25, 0.3) is 22.4 Å². The van der Waals surface area contributed by atoms with Crippen LogP contribution in [0.5, 0.6) is 0 Å². The Hall–Kier alpha value is -4.90. The van der Waals surface area contributed by atoms with Gasteiger partial charge in [0.15, 0.2) is 0 Å². The number of amides is 2. The van der Waals surface area contributed by atoms with Gasteiger partial charge in [-0.1, -0.05) is 6.07 Å². The van der Waals surface area contributed by atoms with Gasteiger partial charge in [-0.15, -0.1) is 0 Å². The molecule has 0 aliphatic carbocycles. The molecule has 184 valence electrons. The molecule has 4 aromatic rings. The van der Waals surface area contributed by atoms with Crippen LogP contribution in [0, 0.1) is 18.3 Å². The van der Waals surface area contributed by atoms with Crippen molar-refractivity contribution >= 4 is 17.5 Å². The molecule has 0 unspecified atom stereocenters. The summed E-state index contributed by atoms with van der Waals surface area (Å²) in [5, 5.41) is 14.9. The van der Waals surface area contributed by atoms with E-state index in [1.807, 2.05) is 43.3 Å². The molecule has 0 saturated heterocycles. The molecule has 0 atom stereocenters. The van der Waals surface area contributed by atoms with Gasteiger partial charge < -0.3 is 10.6 Å². The quantitative estimate of drug-likeness (QED) is 0.395. The number of anilines is 1. The largest absolute Gasteiger partial charge is 0.354 e. The smallest absolute Gasteiger partial charge is 0.269 e. The molecule has 1 aromatic carbocycles. The molecule has 0 radical (unpaired) electrons. The zero-order valence-corrected chi connectivity index (χ0v) is 21.0. The number of aryl methyl sites for hydroxylation is 1. The van der Waals surface area contributed by atoms with Crippen molar-refractivity contribution < 1.29 is 9.59 Å². The third-order valence-electron chi connectivity index (χ3n) is 6.03. The lowest BCUT2D eigenvalue weighted by atomic mass is 9.90. The van der Waals surface area contributed by atoms with Gasteiger partial charge >= 0.3 is 0 Å². The van der Waals surface area contributed by atoms with Crippen molar-refractivity contribution in [1.29, 1.82) is 5.26 Å². The molecule has 0 spiro atoms. The van der Waals surface area contributed by atoms with E-state index in [2.05, 4.69) is 31.7 Å². The summed E-state index contributed by atoms with van der Waals surface area (Å²) in [6.07, 6.45) is 4.85. The van der Waals surface area contributed by atoms with Gasteiger partial charge in [0.25, 0.3) is 11.8 Å². The fourth-order valence-electron chi connectivity index (χ4n) is 3.77. The Bertz CT molecular complexity index is 1540. The molecule has 0 saturated carbocycles. The highest BCUT2D eigenvalue weighted by Crippen LogP contribution is 2.29. The second-order valence-electron chi connectivity index (χ2n) is 9.09. The maximum absolute atomic E-state index is 13.0. The summed E-state index contributed by atoms with van der Waals surface area (Å²) in [4.78, 5) is 37.9. The zero-order valence-electron chi connectivity index (χ0n) is 21.0. The van der Waals surface area contributed by atoms with Crippen LogP contribution in [0.2, 0.25) is 0 Å². The molecule has 37 heavy (non-hydrogen) atoms. The second kappa shape index (κ2) is 10.4. The lowest BCUT2D eigenvalue weighted by Gasteiger charge is -2.15. The number of rotatable bonds is 6. The molecule has 8 heteroatoms.